The molecule has 0 saturated heterocycles. The number of likely N-dealkylation sites (N-methyl/N-ethyl adjacent to an activating group) is 2. The van der Waals surface area contributed by atoms with Crippen molar-refractivity contribution in [2.45, 2.75) is 19.9 Å². The average Bonchev–Trinajstić information content (AvgIpc) is 2.72. The Morgan fingerprint density at radius 3 is 2.11 bits per heavy atom. The molecule has 0 aliphatic heterocycles. The van der Waals surface area contributed by atoms with Crippen LogP contribution in [0.5, 0.6) is 5.75 Å². The molecule has 1 unspecified atom stereocenters. The Bertz CT molecular complexity index is 747. The fraction of sp³-hybridized carbons (Fsp3) is 0.364. The van der Waals surface area contributed by atoms with E-state index in [1.165, 1.54) is 0 Å². The molecule has 3 N–H and O–H groups in total. The standard InChI is InChI=1S/C22H29N3O3/c1-4-23-20(26)15-25(5-2)16-21(27)24-22(17-9-7-6-8-10-17)18-11-13-19(28-3)14-12-18/h6-14,22H,4-5,15-16H2,1-3H3,(H,23,26)(H,24,27)/p+1/t22-/m0/s1. The number of rotatable bonds is 10. The van der Waals surface area contributed by atoms with Gasteiger partial charge in [0.05, 0.1) is 19.7 Å². The molecule has 6 heteroatoms. The van der Waals surface area contributed by atoms with Crippen molar-refractivity contribution in [2.75, 3.05) is 33.3 Å². The van der Waals surface area contributed by atoms with E-state index >= 15 is 0 Å². The van der Waals surface area contributed by atoms with Crippen LogP contribution >= 0.6 is 0 Å². The topological polar surface area (TPSA) is 71.9 Å². The Morgan fingerprint density at radius 1 is 0.929 bits per heavy atom. The second-order valence-corrected chi connectivity index (χ2v) is 6.59. The summed E-state index contributed by atoms with van der Waals surface area (Å²) < 4.78 is 5.23. The molecule has 0 heterocycles. The van der Waals surface area contributed by atoms with Crippen LogP contribution in [0.1, 0.15) is 31.0 Å². The first-order valence-corrected chi connectivity index (χ1v) is 9.65. The number of carbonyl (C=O) groups is 2. The Kier molecular flexibility index (Phi) is 8.49. The van der Waals surface area contributed by atoms with Crippen LogP contribution in [-0.4, -0.2) is 45.1 Å². The summed E-state index contributed by atoms with van der Waals surface area (Å²) in [5.74, 6) is 0.637. The van der Waals surface area contributed by atoms with E-state index in [2.05, 4.69) is 10.6 Å². The summed E-state index contributed by atoms with van der Waals surface area (Å²) in [5, 5.41) is 5.91. The molecule has 0 saturated carbocycles. The van der Waals surface area contributed by atoms with Gasteiger partial charge in [-0.2, -0.15) is 0 Å². The van der Waals surface area contributed by atoms with Crippen LogP contribution < -0.4 is 20.3 Å². The smallest absolute Gasteiger partial charge is 0.275 e. The lowest BCUT2D eigenvalue weighted by atomic mass is 9.98. The highest BCUT2D eigenvalue weighted by atomic mass is 16.5. The van der Waals surface area contributed by atoms with Crippen LogP contribution in [-0.2, 0) is 9.59 Å². The summed E-state index contributed by atoms with van der Waals surface area (Å²) in [6, 6.07) is 17.3. The van der Waals surface area contributed by atoms with Gasteiger partial charge < -0.3 is 20.3 Å². The minimum absolute atomic E-state index is 0.0399. The number of methoxy groups -OCH3 is 1. The van der Waals surface area contributed by atoms with Crippen molar-refractivity contribution >= 4 is 11.8 Å². The summed E-state index contributed by atoms with van der Waals surface area (Å²) in [6.45, 7) is 5.68. The summed E-state index contributed by atoms with van der Waals surface area (Å²) in [6.07, 6.45) is 0. The lowest BCUT2D eigenvalue weighted by Gasteiger charge is -2.22. The number of hydrogen-bond donors (Lipinski definition) is 3. The molecule has 2 rings (SSSR count). The molecule has 2 atom stereocenters. The van der Waals surface area contributed by atoms with Crippen molar-refractivity contribution in [3.8, 4) is 5.75 Å². The zero-order chi connectivity index (χ0) is 20.4. The number of nitrogens with one attached hydrogen (secondary N) is 3. The molecule has 6 nitrogen and oxygen atoms in total. The van der Waals surface area contributed by atoms with E-state index in [0.29, 0.717) is 13.1 Å². The minimum Gasteiger partial charge on any atom is -0.497 e. The second-order valence-electron chi connectivity index (χ2n) is 6.59. The predicted octanol–water partition coefficient (Wildman–Crippen LogP) is 0.942. The fourth-order valence-corrected chi connectivity index (χ4v) is 3.04. The van der Waals surface area contributed by atoms with Crippen LogP contribution in [0.2, 0.25) is 0 Å². The van der Waals surface area contributed by atoms with Gasteiger partial charge in [0.1, 0.15) is 5.75 Å². The number of benzene rings is 2. The van der Waals surface area contributed by atoms with E-state index in [1.54, 1.807) is 7.11 Å². The van der Waals surface area contributed by atoms with Crippen LogP contribution in [0.15, 0.2) is 54.6 Å². The third-order valence-electron chi connectivity index (χ3n) is 4.58. The largest absolute Gasteiger partial charge is 0.497 e. The second kappa shape index (κ2) is 11.1. The summed E-state index contributed by atoms with van der Waals surface area (Å²) in [4.78, 5) is 25.5. The minimum atomic E-state index is -0.262. The van der Waals surface area contributed by atoms with Crippen molar-refractivity contribution in [1.29, 1.82) is 0 Å². The van der Waals surface area contributed by atoms with Crippen molar-refractivity contribution in [1.82, 2.24) is 10.6 Å². The van der Waals surface area contributed by atoms with E-state index in [4.69, 9.17) is 4.74 Å². The van der Waals surface area contributed by atoms with Gasteiger partial charge in [-0.15, -0.1) is 0 Å². The highest BCUT2D eigenvalue weighted by molar-refractivity contribution is 5.79. The fourth-order valence-electron chi connectivity index (χ4n) is 3.04. The molecule has 0 spiro atoms. The van der Waals surface area contributed by atoms with Gasteiger partial charge in [0.25, 0.3) is 11.8 Å². The van der Waals surface area contributed by atoms with E-state index in [1.807, 2.05) is 68.4 Å². The number of hydrogen-bond acceptors (Lipinski definition) is 3. The first-order chi connectivity index (χ1) is 13.6. The molecule has 28 heavy (non-hydrogen) atoms. The maximum atomic E-state index is 12.7. The molecule has 0 bridgehead atoms. The van der Waals surface area contributed by atoms with E-state index < -0.39 is 0 Å². The van der Waals surface area contributed by atoms with Crippen molar-refractivity contribution in [3.05, 3.63) is 65.7 Å². The molecule has 0 fully saturated rings. The highest BCUT2D eigenvalue weighted by Crippen LogP contribution is 2.23. The molecule has 0 aliphatic rings. The van der Waals surface area contributed by atoms with E-state index in [-0.39, 0.29) is 30.9 Å². The lowest BCUT2D eigenvalue weighted by Crippen LogP contribution is -3.14. The van der Waals surface area contributed by atoms with Gasteiger partial charge in [0.15, 0.2) is 13.1 Å². The maximum Gasteiger partial charge on any atom is 0.275 e. The number of carbonyl (C=O) groups excluding carboxylic acids is 2. The van der Waals surface area contributed by atoms with Crippen LogP contribution in [0.4, 0.5) is 0 Å². The third-order valence-corrected chi connectivity index (χ3v) is 4.58. The van der Waals surface area contributed by atoms with Gasteiger partial charge in [0.2, 0.25) is 0 Å². The van der Waals surface area contributed by atoms with Gasteiger partial charge in [-0.25, -0.2) is 0 Å². The predicted molar refractivity (Wildman–Crippen MR) is 109 cm³/mol. The van der Waals surface area contributed by atoms with Crippen molar-refractivity contribution in [3.63, 3.8) is 0 Å². The zero-order valence-electron chi connectivity index (χ0n) is 16.8. The normalized spacial score (nSPS) is 12.7. The van der Waals surface area contributed by atoms with Crippen molar-refractivity contribution in [2.24, 2.45) is 0 Å². The molecule has 0 radical (unpaired) electrons. The van der Waals surface area contributed by atoms with Crippen molar-refractivity contribution < 1.29 is 19.2 Å². The molecule has 2 aromatic rings. The van der Waals surface area contributed by atoms with Gasteiger partial charge in [-0.3, -0.25) is 9.59 Å². The van der Waals surface area contributed by atoms with Gasteiger partial charge in [-0.05, 0) is 37.1 Å². The van der Waals surface area contributed by atoms with Crippen LogP contribution in [0.3, 0.4) is 0 Å². The van der Waals surface area contributed by atoms with E-state index in [0.717, 1.165) is 21.8 Å². The number of quaternary nitrogens is 1. The molecule has 2 amide bonds. The Morgan fingerprint density at radius 2 is 1.54 bits per heavy atom. The van der Waals surface area contributed by atoms with E-state index in [9.17, 15) is 9.59 Å². The molecule has 0 aliphatic carbocycles. The van der Waals surface area contributed by atoms with Gasteiger partial charge in [0, 0.05) is 6.54 Å². The summed E-state index contributed by atoms with van der Waals surface area (Å²) in [5.41, 5.74) is 1.98. The molecule has 150 valence electrons. The Labute approximate surface area is 166 Å². The zero-order valence-corrected chi connectivity index (χ0v) is 16.8. The Balaban J connectivity index is 2.13. The molecular weight excluding hydrogens is 354 g/mol. The molecular formula is C22H30N3O3+. The highest BCUT2D eigenvalue weighted by Gasteiger charge is 2.21. The average molecular weight is 385 g/mol. The van der Waals surface area contributed by atoms with Gasteiger partial charge in [-0.1, -0.05) is 42.5 Å². The number of amides is 2. The first kappa shape index (κ1) is 21.4. The first-order valence-electron chi connectivity index (χ1n) is 9.65. The quantitative estimate of drug-likeness (QED) is 0.571. The Hall–Kier alpha value is -2.86. The maximum absolute atomic E-state index is 12.7. The molecule has 0 aromatic heterocycles. The lowest BCUT2D eigenvalue weighted by molar-refractivity contribution is -0.881. The summed E-state index contributed by atoms with van der Waals surface area (Å²) in [7, 11) is 1.63. The van der Waals surface area contributed by atoms with Crippen LogP contribution in [0.25, 0.3) is 0 Å². The van der Waals surface area contributed by atoms with Gasteiger partial charge >= 0.3 is 0 Å². The molecule has 2 aromatic carbocycles. The monoisotopic (exact) mass is 384 g/mol. The summed E-state index contributed by atoms with van der Waals surface area (Å²) >= 11 is 0. The van der Waals surface area contributed by atoms with Crippen LogP contribution in [0, 0.1) is 0 Å². The third kappa shape index (κ3) is 6.39. The SMILES string of the molecule is CCNC(=O)C[NH+](CC)CC(=O)N[C@@H](c1ccccc1)c1ccc(OC)cc1. The number of ether oxygens (including phenoxy) is 1.